The summed E-state index contributed by atoms with van der Waals surface area (Å²) in [5.74, 6) is 1.51. The summed E-state index contributed by atoms with van der Waals surface area (Å²) in [5.41, 5.74) is 2.60. The van der Waals surface area contributed by atoms with Gasteiger partial charge in [-0.05, 0) is 44.9 Å². The molecule has 4 rings (SSSR count). The second kappa shape index (κ2) is 5.26. The molecule has 1 saturated carbocycles. The highest BCUT2D eigenvalue weighted by atomic mass is 16.3. The first-order chi connectivity index (χ1) is 11.1. The molecule has 3 aromatic rings. The topological polar surface area (TPSA) is 50.8 Å². The molecule has 0 unspecified atom stereocenters. The number of imidazole rings is 1. The molecule has 0 bridgehead atoms. The van der Waals surface area contributed by atoms with Crippen molar-refractivity contribution in [1.82, 2.24) is 14.3 Å². The SMILES string of the molecule is Cc1cc(C(=O)N(Cc2cnc3ccccn23)C2CC2)c(C)o1. The predicted octanol–water partition coefficient (Wildman–Crippen LogP) is 3.35. The van der Waals surface area contributed by atoms with Gasteiger partial charge in [0.05, 0.1) is 24.0 Å². The summed E-state index contributed by atoms with van der Waals surface area (Å²) < 4.78 is 7.56. The van der Waals surface area contributed by atoms with E-state index in [0.29, 0.717) is 23.9 Å². The van der Waals surface area contributed by atoms with E-state index in [1.54, 1.807) is 0 Å². The van der Waals surface area contributed by atoms with Gasteiger partial charge in [0.25, 0.3) is 5.91 Å². The van der Waals surface area contributed by atoms with Gasteiger partial charge in [-0.2, -0.15) is 0 Å². The first-order valence-electron chi connectivity index (χ1n) is 7.92. The normalized spacial score (nSPS) is 14.3. The van der Waals surface area contributed by atoms with Crippen molar-refractivity contribution in [3.63, 3.8) is 0 Å². The lowest BCUT2D eigenvalue weighted by atomic mass is 10.2. The van der Waals surface area contributed by atoms with Crippen LogP contribution in [0.15, 0.2) is 41.1 Å². The van der Waals surface area contributed by atoms with E-state index in [-0.39, 0.29) is 5.91 Å². The molecule has 1 aliphatic carbocycles. The van der Waals surface area contributed by atoms with Gasteiger partial charge in [-0.3, -0.25) is 4.79 Å². The molecule has 3 heterocycles. The highest BCUT2D eigenvalue weighted by Crippen LogP contribution is 2.31. The van der Waals surface area contributed by atoms with Gasteiger partial charge < -0.3 is 13.7 Å². The van der Waals surface area contributed by atoms with E-state index in [9.17, 15) is 4.79 Å². The Morgan fingerprint density at radius 3 is 2.91 bits per heavy atom. The molecule has 0 radical (unpaired) electrons. The van der Waals surface area contributed by atoms with E-state index in [0.717, 1.165) is 29.9 Å². The van der Waals surface area contributed by atoms with E-state index in [1.807, 2.05) is 59.8 Å². The molecule has 0 N–H and O–H groups in total. The summed E-state index contributed by atoms with van der Waals surface area (Å²) in [6.45, 7) is 4.29. The molecule has 5 heteroatoms. The van der Waals surface area contributed by atoms with Gasteiger partial charge in [0.1, 0.15) is 17.2 Å². The predicted molar refractivity (Wildman–Crippen MR) is 86.3 cm³/mol. The fourth-order valence-electron chi connectivity index (χ4n) is 3.03. The number of amides is 1. The Morgan fingerprint density at radius 2 is 2.22 bits per heavy atom. The Hall–Kier alpha value is -2.56. The van der Waals surface area contributed by atoms with Crippen molar-refractivity contribution in [1.29, 1.82) is 0 Å². The van der Waals surface area contributed by atoms with Crippen molar-refractivity contribution in [2.24, 2.45) is 0 Å². The molecule has 5 nitrogen and oxygen atoms in total. The van der Waals surface area contributed by atoms with Gasteiger partial charge in [-0.25, -0.2) is 4.98 Å². The second-order valence-corrected chi connectivity index (χ2v) is 6.17. The fraction of sp³-hybridized carbons (Fsp3) is 0.333. The number of hydrogen-bond acceptors (Lipinski definition) is 3. The van der Waals surface area contributed by atoms with Gasteiger partial charge in [0.2, 0.25) is 0 Å². The molecule has 0 atom stereocenters. The van der Waals surface area contributed by atoms with Crippen LogP contribution in [0, 0.1) is 13.8 Å². The van der Waals surface area contributed by atoms with E-state index < -0.39 is 0 Å². The van der Waals surface area contributed by atoms with Crippen LogP contribution in [0.1, 0.15) is 40.4 Å². The van der Waals surface area contributed by atoms with E-state index in [4.69, 9.17) is 4.42 Å². The molecule has 0 aliphatic heterocycles. The number of pyridine rings is 1. The Morgan fingerprint density at radius 1 is 1.39 bits per heavy atom. The first-order valence-corrected chi connectivity index (χ1v) is 7.92. The molecule has 1 fully saturated rings. The van der Waals surface area contributed by atoms with E-state index >= 15 is 0 Å². The molecule has 1 aliphatic rings. The van der Waals surface area contributed by atoms with Crippen LogP contribution in [-0.2, 0) is 6.54 Å². The third-order valence-corrected chi connectivity index (χ3v) is 4.35. The average Bonchev–Trinajstić information content (AvgIpc) is 3.21. The van der Waals surface area contributed by atoms with Gasteiger partial charge >= 0.3 is 0 Å². The number of carbonyl (C=O) groups excluding carboxylic acids is 1. The zero-order chi connectivity index (χ0) is 16.0. The zero-order valence-electron chi connectivity index (χ0n) is 13.3. The highest BCUT2D eigenvalue weighted by molar-refractivity contribution is 5.95. The van der Waals surface area contributed by atoms with Crippen LogP contribution >= 0.6 is 0 Å². The van der Waals surface area contributed by atoms with Crippen molar-refractivity contribution in [3.8, 4) is 0 Å². The van der Waals surface area contributed by atoms with E-state index in [2.05, 4.69) is 4.98 Å². The van der Waals surface area contributed by atoms with Crippen LogP contribution in [0.5, 0.6) is 0 Å². The van der Waals surface area contributed by atoms with E-state index in [1.165, 1.54) is 0 Å². The fourth-order valence-corrected chi connectivity index (χ4v) is 3.03. The third kappa shape index (κ3) is 2.52. The minimum absolute atomic E-state index is 0.0488. The van der Waals surface area contributed by atoms with Crippen LogP contribution in [0.4, 0.5) is 0 Å². The largest absolute Gasteiger partial charge is 0.466 e. The Kier molecular flexibility index (Phi) is 3.22. The number of nitrogens with zero attached hydrogens (tertiary/aromatic N) is 3. The van der Waals surface area contributed by atoms with Crippen LogP contribution in [-0.4, -0.2) is 26.2 Å². The monoisotopic (exact) mass is 309 g/mol. The smallest absolute Gasteiger partial charge is 0.258 e. The Labute approximate surface area is 134 Å². The number of aryl methyl sites for hydroxylation is 2. The number of aromatic nitrogens is 2. The minimum Gasteiger partial charge on any atom is -0.466 e. The lowest BCUT2D eigenvalue weighted by Crippen LogP contribution is -2.33. The average molecular weight is 309 g/mol. The quantitative estimate of drug-likeness (QED) is 0.742. The molecule has 0 spiro atoms. The molecule has 118 valence electrons. The summed E-state index contributed by atoms with van der Waals surface area (Å²) in [6.07, 6.45) is 5.97. The van der Waals surface area contributed by atoms with Crippen molar-refractivity contribution >= 4 is 11.6 Å². The van der Waals surface area contributed by atoms with Crippen molar-refractivity contribution in [2.75, 3.05) is 0 Å². The van der Waals surface area contributed by atoms with Crippen molar-refractivity contribution in [2.45, 2.75) is 39.3 Å². The summed E-state index contributed by atoms with van der Waals surface area (Å²) in [5, 5.41) is 0. The number of carbonyl (C=O) groups is 1. The highest BCUT2D eigenvalue weighted by Gasteiger charge is 2.34. The maximum atomic E-state index is 13.0. The van der Waals surface area contributed by atoms with Crippen molar-refractivity contribution in [3.05, 3.63) is 59.4 Å². The standard InChI is InChI=1S/C18H19N3O2/c1-12-9-16(13(2)23-12)18(22)21(14-6-7-14)11-15-10-19-17-5-3-4-8-20(15)17/h3-5,8-10,14H,6-7,11H2,1-2H3. The molecule has 1 amide bonds. The molecule has 3 aromatic heterocycles. The summed E-state index contributed by atoms with van der Waals surface area (Å²) in [7, 11) is 0. The Bertz CT molecular complexity index is 873. The lowest BCUT2D eigenvalue weighted by Gasteiger charge is -2.22. The first kappa shape index (κ1) is 14.1. The number of fused-ring (bicyclic) bond motifs is 1. The Balaban J connectivity index is 1.66. The second-order valence-electron chi connectivity index (χ2n) is 6.17. The summed E-state index contributed by atoms with van der Waals surface area (Å²) in [6, 6.07) is 8.07. The van der Waals surface area contributed by atoms with Gasteiger partial charge in [0, 0.05) is 12.2 Å². The molecule has 23 heavy (non-hydrogen) atoms. The molecule has 0 aromatic carbocycles. The zero-order valence-corrected chi connectivity index (χ0v) is 13.3. The maximum absolute atomic E-state index is 13.0. The maximum Gasteiger partial charge on any atom is 0.258 e. The third-order valence-electron chi connectivity index (χ3n) is 4.35. The van der Waals surface area contributed by atoms with Crippen molar-refractivity contribution < 1.29 is 9.21 Å². The lowest BCUT2D eigenvalue weighted by molar-refractivity contribution is 0.0725. The number of hydrogen-bond donors (Lipinski definition) is 0. The minimum atomic E-state index is 0.0488. The van der Waals surface area contributed by atoms with Crippen LogP contribution in [0.25, 0.3) is 5.65 Å². The van der Waals surface area contributed by atoms with Crippen LogP contribution in [0.3, 0.4) is 0 Å². The molecular weight excluding hydrogens is 290 g/mol. The number of furan rings is 1. The van der Waals surface area contributed by atoms with Gasteiger partial charge in [-0.1, -0.05) is 6.07 Å². The van der Waals surface area contributed by atoms with Crippen LogP contribution < -0.4 is 0 Å². The van der Waals surface area contributed by atoms with Crippen LogP contribution in [0.2, 0.25) is 0 Å². The molecule has 0 saturated heterocycles. The molecular formula is C18H19N3O2. The van der Waals surface area contributed by atoms with Gasteiger partial charge in [-0.15, -0.1) is 0 Å². The summed E-state index contributed by atoms with van der Waals surface area (Å²) >= 11 is 0. The van der Waals surface area contributed by atoms with Gasteiger partial charge in [0.15, 0.2) is 0 Å². The summed E-state index contributed by atoms with van der Waals surface area (Å²) in [4.78, 5) is 19.3. The number of rotatable bonds is 4.